The zero-order chi connectivity index (χ0) is 7.70. The van der Waals surface area contributed by atoms with E-state index in [4.69, 9.17) is 11.6 Å². The second kappa shape index (κ2) is 10.3. The Balaban J connectivity index is 0. The van der Waals surface area contributed by atoms with E-state index in [1.165, 1.54) is 6.20 Å². The van der Waals surface area contributed by atoms with Crippen LogP contribution in [0.5, 0.6) is 0 Å². The summed E-state index contributed by atoms with van der Waals surface area (Å²) >= 11 is 0. The zero-order valence-corrected chi connectivity index (χ0v) is 6.44. The van der Waals surface area contributed by atoms with Crippen LogP contribution in [0.15, 0.2) is 11.9 Å². The Bertz CT molecular complexity index is 62.7. The maximum absolute atomic E-state index is 5.09. The van der Waals surface area contributed by atoms with Gasteiger partial charge in [0.1, 0.15) is 0 Å². The lowest BCUT2D eigenvalue weighted by molar-refractivity contribution is 0.822. The highest BCUT2D eigenvalue weighted by Gasteiger charge is 1.81. The summed E-state index contributed by atoms with van der Waals surface area (Å²) in [6.45, 7) is 5.97. The molecule has 0 saturated carbocycles. The highest BCUT2D eigenvalue weighted by atomic mass is 15.2. The Morgan fingerprint density at radius 2 is 2.00 bits per heavy atom. The molecule has 56 valence electrons. The van der Waals surface area contributed by atoms with Crippen molar-refractivity contribution in [2.75, 3.05) is 0 Å². The molecule has 0 saturated heterocycles. The number of nitrogens with two attached hydrogens (primary N) is 2. The lowest BCUT2D eigenvalue weighted by atomic mass is 10.4. The minimum atomic E-state index is 0.854. The number of hydrazine groups is 1. The van der Waals surface area contributed by atoms with Crippen molar-refractivity contribution in [3.8, 4) is 0 Å². The van der Waals surface area contributed by atoms with Gasteiger partial charge >= 0.3 is 0 Å². The third-order valence-electron chi connectivity index (χ3n) is 0.767. The molecule has 0 rings (SSSR count). The Kier molecular flexibility index (Phi) is 12.8. The highest BCUT2D eigenvalue weighted by molar-refractivity contribution is 4.92. The molecule has 0 unspecified atom stereocenters. The van der Waals surface area contributed by atoms with Crippen molar-refractivity contribution in [1.29, 1.82) is 0 Å². The van der Waals surface area contributed by atoms with E-state index in [9.17, 15) is 0 Å². The third-order valence-corrected chi connectivity index (χ3v) is 0.767. The lowest BCUT2D eigenvalue weighted by Gasteiger charge is -1.97. The van der Waals surface area contributed by atoms with E-state index >= 15 is 0 Å². The first-order valence-corrected chi connectivity index (χ1v) is 3.22. The van der Waals surface area contributed by atoms with Crippen LogP contribution in [0.2, 0.25) is 0 Å². The molecule has 0 radical (unpaired) electrons. The van der Waals surface area contributed by atoms with Gasteiger partial charge in [0, 0.05) is 11.9 Å². The van der Waals surface area contributed by atoms with Crippen LogP contribution in [0.25, 0.3) is 0 Å². The number of nitrogens with one attached hydrogen (secondary N) is 1. The van der Waals surface area contributed by atoms with Gasteiger partial charge in [-0.1, -0.05) is 20.8 Å². The second-order valence-electron chi connectivity index (χ2n) is 1.19. The maximum atomic E-state index is 5.09. The predicted octanol–water partition coefficient (Wildman–Crippen LogP) is 0.686. The molecule has 0 amide bonds. The van der Waals surface area contributed by atoms with Crippen LogP contribution in [0.3, 0.4) is 0 Å². The van der Waals surface area contributed by atoms with Crippen molar-refractivity contribution in [3.05, 3.63) is 11.9 Å². The van der Waals surface area contributed by atoms with Gasteiger partial charge in [0.25, 0.3) is 0 Å². The first-order valence-electron chi connectivity index (χ1n) is 3.22. The number of hydrogen-bond donors (Lipinski definition) is 3. The van der Waals surface area contributed by atoms with Crippen molar-refractivity contribution in [3.63, 3.8) is 0 Å². The topological polar surface area (TPSA) is 64.1 Å². The molecule has 0 aliphatic carbocycles. The van der Waals surface area contributed by atoms with E-state index in [1.54, 1.807) is 0 Å². The molecular formula is C6H17N3. The van der Waals surface area contributed by atoms with Crippen LogP contribution in [-0.2, 0) is 0 Å². The molecule has 0 aliphatic rings. The summed E-state index contributed by atoms with van der Waals surface area (Å²) < 4.78 is 0. The maximum Gasteiger partial charge on any atom is 0.0410 e. The zero-order valence-electron chi connectivity index (χ0n) is 6.44. The SMILES string of the molecule is CC.CC/C(=C/N)NN. The second-order valence-corrected chi connectivity index (χ2v) is 1.19. The summed E-state index contributed by atoms with van der Waals surface area (Å²) in [6.07, 6.45) is 2.31. The van der Waals surface area contributed by atoms with Crippen LogP contribution in [0.4, 0.5) is 0 Å². The summed E-state index contributed by atoms with van der Waals surface area (Å²) in [6, 6.07) is 0. The standard InChI is InChI=1S/C4H11N3.C2H6/c1-2-4(3-5)7-6;1-2/h3,7H,2,5-6H2,1H3;1-2H3/b4-3-;. The molecule has 0 bridgehead atoms. The fraction of sp³-hybridized carbons (Fsp3) is 0.667. The first-order chi connectivity index (χ1) is 4.35. The van der Waals surface area contributed by atoms with Crippen molar-refractivity contribution in [1.82, 2.24) is 5.43 Å². The monoisotopic (exact) mass is 131 g/mol. The molecule has 9 heavy (non-hydrogen) atoms. The van der Waals surface area contributed by atoms with E-state index in [0.29, 0.717) is 0 Å². The third kappa shape index (κ3) is 7.30. The van der Waals surface area contributed by atoms with Crippen molar-refractivity contribution < 1.29 is 0 Å². The Hall–Kier alpha value is -0.700. The van der Waals surface area contributed by atoms with Crippen molar-refractivity contribution in [2.24, 2.45) is 11.6 Å². The number of allylic oxidation sites excluding steroid dienone is 1. The van der Waals surface area contributed by atoms with E-state index in [2.05, 4.69) is 5.43 Å². The Labute approximate surface area is 57.1 Å². The minimum absolute atomic E-state index is 0.854. The summed E-state index contributed by atoms with van der Waals surface area (Å²) in [5.41, 5.74) is 8.39. The van der Waals surface area contributed by atoms with Crippen LogP contribution in [-0.4, -0.2) is 0 Å². The van der Waals surface area contributed by atoms with Crippen LogP contribution < -0.4 is 17.0 Å². The van der Waals surface area contributed by atoms with E-state index in [-0.39, 0.29) is 0 Å². The average molecular weight is 131 g/mol. The van der Waals surface area contributed by atoms with Crippen molar-refractivity contribution in [2.45, 2.75) is 27.2 Å². The van der Waals surface area contributed by atoms with Gasteiger partial charge in [-0.2, -0.15) is 0 Å². The number of rotatable bonds is 2. The largest absolute Gasteiger partial charge is 0.403 e. The molecule has 0 aromatic rings. The fourth-order valence-corrected chi connectivity index (χ4v) is 0.268. The molecule has 5 N–H and O–H groups in total. The Morgan fingerprint density at radius 1 is 1.56 bits per heavy atom. The quantitative estimate of drug-likeness (QED) is 0.381. The van der Waals surface area contributed by atoms with Gasteiger partial charge in [-0.15, -0.1) is 0 Å². The lowest BCUT2D eigenvalue weighted by Crippen LogP contribution is -2.21. The van der Waals surface area contributed by atoms with Gasteiger partial charge < -0.3 is 11.2 Å². The van der Waals surface area contributed by atoms with Crippen LogP contribution >= 0.6 is 0 Å². The van der Waals surface area contributed by atoms with Crippen LogP contribution in [0, 0.1) is 0 Å². The molecule has 0 aliphatic heterocycles. The smallest absolute Gasteiger partial charge is 0.0410 e. The van der Waals surface area contributed by atoms with E-state index < -0.39 is 0 Å². The molecule has 0 spiro atoms. The molecular weight excluding hydrogens is 114 g/mol. The molecule has 0 aromatic carbocycles. The van der Waals surface area contributed by atoms with Gasteiger partial charge in [0.05, 0.1) is 0 Å². The van der Waals surface area contributed by atoms with E-state index in [0.717, 1.165) is 12.1 Å². The minimum Gasteiger partial charge on any atom is -0.403 e. The van der Waals surface area contributed by atoms with Gasteiger partial charge in [-0.05, 0) is 6.42 Å². The summed E-state index contributed by atoms with van der Waals surface area (Å²) in [7, 11) is 0. The average Bonchev–Trinajstić information content (AvgIpc) is 1.96. The number of hydrogen-bond acceptors (Lipinski definition) is 3. The Morgan fingerprint density at radius 3 is 2.00 bits per heavy atom. The molecule has 3 nitrogen and oxygen atoms in total. The molecule has 0 fully saturated rings. The summed E-state index contributed by atoms with van der Waals surface area (Å²) in [4.78, 5) is 0. The fourth-order valence-electron chi connectivity index (χ4n) is 0.268. The molecule has 0 aromatic heterocycles. The van der Waals surface area contributed by atoms with Gasteiger partial charge in [-0.3, -0.25) is 5.84 Å². The van der Waals surface area contributed by atoms with Crippen molar-refractivity contribution >= 4 is 0 Å². The summed E-state index contributed by atoms with van der Waals surface area (Å²) in [5, 5.41) is 0. The van der Waals surface area contributed by atoms with Crippen LogP contribution in [0.1, 0.15) is 27.2 Å². The van der Waals surface area contributed by atoms with E-state index in [1.807, 2.05) is 20.8 Å². The summed E-state index contributed by atoms with van der Waals surface area (Å²) in [5.74, 6) is 5.00. The molecule has 3 heteroatoms. The molecule has 0 atom stereocenters. The highest BCUT2D eigenvalue weighted by Crippen LogP contribution is 1.86. The molecule has 0 heterocycles. The normalized spacial score (nSPS) is 9.56. The van der Waals surface area contributed by atoms with Gasteiger partial charge in [-0.25, -0.2) is 0 Å². The van der Waals surface area contributed by atoms with Gasteiger partial charge in [0.15, 0.2) is 0 Å². The predicted molar refractivity (Wildman–Crippen MR) is 41.2 cm³/mol. The van der Waals surface area contributed by atoms with Gasteiger partial charge in [0.2, 0.25) is 0 Å². The first kappa shape index (κ1) is 11.1.